The van der Waals surface area contributed by atoms with Crippen molar-refractivity contribution >= 4 is 23.2 Å². The van der Waals surface area contributed by atoms with E-state index in [4.69, 9.17) is 4.99 Å². The Labute approximate surface area is 185 Å². The average molecular weight is 420 g/mol. The number of nitrogens with one attached hydrogen (secondary N) is 1. The molecule has 5 nitrogen and oxygen atoms in total. The first kappa shape index (κ1) is 22.7. The van der Waals surface area contributed by atoms with Crippen molar-refractivity contribution in [3.8, 4) is 0 Å². The Bertz CT molecular complexity index is 935. The number of hydrogen-bond donors (Lipinski definition) is 1. The number of fused-ring (bicyclic) bond motifs is 1. The molecule has 0 aromatic heterocycles. The molecule has 0 saturated heterocycles. The van der Waals surface area contributed by atoms with Crippen molar-refractivity contribution in [3.63, 3.8) is 0 Å². The molecule has 0 saturated carbocycles. The lowest BCUT2D eigenvalue weighted by Crippen LogP contribution is -2.45. The molecule has 2 aromatic rings. The van der Waals surface area contributed by atoms with Crippen molar-refractivity contribution in [2.75, 3.05) is 18.0 Å². The third-order valence-corrected chi connectivity index (χ3v) is 5.37. The Morgan fingerprint density at radius 2 is 1.68 bits per heavy atom. The lowest BCUT2D eigenvalue weighted by Gasteiger charge is -2.25. The number of rotatable bonds is 8. The van der Waals surface area contributed by atoms with E-state index in [1.54, 1.807) is 4.90 Å². The highest BCUT2D eigenvalue weighted by Gasteiger charge is 2.33. The van der Waals surface area contributed by atoms with E-state index in [1.807, 2.05) is 54.6 Å². The Morgan fingerprint density at radius 3 is 2.35 bits per heavy atom. The Hall–Kier alpha value is -2.95. The van der Waals surface area contributed by atoms with E-state index in [2.05, 4.69) is 33.0 Å². The normalized spacial score (nSPS) is 16.2. The second kappa shape index (κ2) is 10.4. The number of amides is 2. The molecule has 164 valence electrons. The first-order valence-electron chi connectivity index (χ1n) is 11.2. The highest BCUT2D eigenvalue weighted by Crippen LogP contribution is 2.30. The summed E-state index contributed by atoms with van der Waals surface area (Å²) < 4.78 is 0. The zero-order chi connectivity index (χ0) is 22.4. The van der Waals surface area contributed by atoms with E-state index >= 15 is 0 Å². The first-order valence-corrected chi connectivity index (χ1v) is 11.2. The molecule has 0 spiro atoms. The average Bonchev–Trinajstić information content (AvgIpc) is 2.84. The molecule has 1 unspecified atom stereocenters. The van der Waals surface area contributed by atoms with Crippen LogP contribution in [0.1, 0.15) is 51.7 Å². The van der Waals surface area contributed by atoms with Gasteiger partial charge in [-0.3, -0.25) is 14.6 Å². The number of carbonyl (C=O) groups is 2. The van der Waals surface area contributed by atoms with Gasteiger partial charge in [0, 0.05) is 17.7 Å². The fourth-order valence-corrected chi connectivity index (χ4v) is 3.78. The first-order chi connectivity index (χ1) is 14.9. The summed E-state index contributed by atoms with van der Waals surface area (Å²) in [7, 11) is 0. The van der Waals surface area contributed by atoms with Gasteiger partial charge in [-0.2, -0.15) is 0 Å². The summed E-state index contributed by atoms with van der Waals surface area (Å²) in [5.74, 6) is 0.553. The van der Waals surface area contributed by atoms with Gasteiger partial charge in [0.2, 0.25) is 5.91 Å². The van der Waals surface area contributed by atoms with Crippen LogP contribution in [0.15, 0.2) is 59.6 Å². The number of nitrogens with zero attached hydrogens (tertiary/aromatic N) is 2. The summed E-state index contributed by atoms with van der Waals surface area (Å²) in [5.41, 5.74) is 3.39. The Morgan fingerprint density at radius 1 is 1.00 bits per heavy atom. The number of para-hydroxylation sites is 1. The van der Waals surface area contributed by atoms with Crippen LogP contribution in [-0.2, 0) is 9.59 Å². The van der Waals surface area contributed by atoms with Gasteiger partial charge in [0.25, 0.3) is 5.91 Å². The third-order valence-electron chi connectivity index (χ3n) is 5.37. The zero-order valence-electron chi connectivity index (χ0n) is 19.0. The van der Waals surface area contributed by atoms with E-state index in [0.717, 1.165) is 28.9 Å². The van der Waals surface area contributed by atoms with Crippen molar-refractivity contribution in [1.82, 2.24) is 5.32 Å². The van der Waals surface area contributed by atoms with Gasteiger partial charge in [0.15, 0.2) is 0 Å². The minimum absolute atomic E-state index is 0.000126. The molecule has 1 aliphatic heterocycles. The molecule has 1 atom stereocenters. The van der Waals surface area contributed by atoms with Crippen LogP contribution in [0, 0.1) is 11.8 Å². The van der Waals surface area contributed by atoms with Crippen LogP contribution in [0.2, 0.25) is 0 Å². The fourth-order valence-electron chi connectivity index (χ4n) is 3.78. The van der Waals surface area contributed by atoms with Crippen LogP contribution >= 0.6 is 0 Å². The Balaban J connectivity index is 1.99. The van der Waals surface area contributed by atoms with E-state index in [0.29, 0.717) is 24.8 Å². The van der Waals surface area contributed by atoms with E-state index in [1.165, 1.54) is 0 Å². The quantitative estimate of drug-likeness (QED) is 0.687. The molecule has 0 aliphatic carbocycles. The molecule has 0 radical (unpaired) electrons. The van der Waals surface area contributed by atoms with Gasteiger partial charge in [-0.1, -0.05) is 76.2 Å². The predicted octanol–water partition coefficient (Wildman–Crippen LogP) is 4.45. The summed E-state index contributed by atoms with van der Waals surface area (Å²) >= 11 is 0. The van der Waals surface area contributed by atoms with E-state index in [-0.39, 0.29) is 18.4 Å². The highest BCUT2D eigenvalue weighted by atomic mass is 16.2. The lowest BCUT2D eigenvalue weighted by molar-refractivity contribution is -0.124. The minimum Gasteiger partial charge on any atom is -0.355 e. The number of hydrogen-bond acceptors (Lipinski definition) is 3. The number of benzodiazepines with no additional fused rings is 1. The minimum atomic E-state index is -0.522. The topological polar surface area (TPSA) is 61.8 Å². The van der Waals surface area contributed by atoms with Crippen LogP contribution in [-0.4, -0.2) is 36.7 Å². The molecule has 31 heavy (non-hydrogen) atoms. The molecule has 1 heterocycles. The maximum absolute atomic E-state index is 13.6. The summed E-state index contributed by atoms with van der Waals surface area (Å²) in [4.78, 5) is 32.8. The molecule has 2 aromatic carbocycles. The summed E-state index contributed by atoms with van der Waals surface area (Å²) in [5, 5.41) is 2.96. The van der Waals surface area contributed by atoms with E-state index in [9.17, 15) is 9.59 Å². The van der Waals surface area contributed by atoms with Gasteiger partial charge in [-0.05, 0) is 30.7 Å². The lowest BCUT2D eigenvalue weighted by atomic mass is 10.00. The van der Waals surface area contributed by atoms with Crippen molar-refractivity contribution in [2.45, 2.75) is 46.6 Å². The molecule has 1 N–H and O–H groups in total. The molecule has 3 rings (SSSR count). The molecule has 0 bridgehead atoms. The second-order valence-corrected chi connectivity index (χ2v) is 8.96. The predicted molar refractivity (Wildman–Crippen MR) is 127 cm³/mol. The van der Waals surface area contributed by atoms with Crippen molar-refractivity contribution in [2.24, 2.45) is 16.8 Å². The van der Waals surface area contributed by atoms with Gasteiger partial charge >= 0.3 is 0 Å². The SMILES string of the molecule is CC(C)CCNC(=O)CN1C(=O)C(CC(C)C)N=C(c2ccccc2)c2ccccc21. The van der Waals surface area contributed by atoms with Crippen LogP contribution < -0.4 is 10.2 Å². The number of carbonyl (C=O) groups excluding carboxylic acids is 2. The summed E-state index contributed by atoms with van der Waals surface area (Å²) in [6.07, 6.45) is 1.54. The third kappa shape index (κ3) is 5.81. The van der Waals surface area contributed by atoms with Gasteiger partial charge in [0.05, 0.1) is 11.4 Å². The molecule has 0 fully saturated rings. The van der Waals surface area contributed by atoms with Gasteiger partial charge in [-0.25, -0.2) is 0 Å². The van der Waals surface area contributed by atoms with Crippen LogP contribution in [0.3, 0.4) is 0 Å². The van der Waals surface area contributed by atoms with Crippen LogP contribution in [0.5, 0.6) is 0 Å². The zero-order valence-corrected chi connectivity index (χ0v) is 19.0. The molecule has 1 aliphatic rings. The van der Waals surface area contributed by atoms with Crippen LogP contribution in [0.4, 0.5) is 5.69 Å². The maximum Gasteiger partial charge on any atom is 0.252 e. The number of aliphatic imine (C=N–C) groups is 1. The van der Waals surface area contributed by atoms with Crippen molar-refractivity contribution < 1.29 is 9.59 Å². The van der Waals surface area contributed by atoms with E-state index < -0.39 is 6.04 Å². The smallest absolute Gasteiger partial charge is 0.252 e. The molecular weight excluding hydrogens is 386 g/mol. The standard InChI is InChI=1S/C26H33N3O2/c1-18(2)14-15-27-24(30)17-29-23-13-9-8-12-21(23)25(20-10-6-5-7-11-20)28-22(26(29)31)16-19(3)4/h5-13,18-19,22H,14-17H2,1-4H3,(H,27,30). The largest absolute Gasteiger partial charge is 0.355 e. The van der Waals surface area contributed by atoms with Gasteiger partial charge < -0.3 is 10.2 Å². The number of benzene rings is 2. The van der Waals surface area contributed by atoms with Crippen molar-refractivity contribution in [1.29, 1.82) is 0 Å². The van der Waals surface area contributed by atoms with Gasteiger partial charge in [-0.15, -0.1) is 0 Å². The second-order valence-electron chi connectivity index (χ2n) is 8.96. The van der Waals surface area contributed by atoms with Crippen molar-refractivity contribution in [3.05, 3.63) is 65.7 Å². The summed E-state index contributed by atoms with van der Waals surface area (Å²) in [6, 6.07) is 17.2. The maximum atomic E-state index is 13.6. The van der Waals surface area contributed by atoms with Crippen LogP contribution in [0.25, 0.3) is 0 Å². The monoisotopic (exact) mass is 419 g/mol. The van der Waals surface area contributed by atoms with Gasteiger partial charge in [0.1, 0.15) is 12.6 Å². The Kier molecular flexibility index (Phi) is 7.61. The summed E-state index contributed by atoms with van der Waals surface area (Å²) in [6.45, 7) is 9.04. The number of anilines is 1. The highest BCUT2D eigenvalue weighted by molar-refractivity contribution is 6.20. The molecule has 5 heteroatoms. The molecular formula is C26H33N3O2. The molecule has 2 amide bonds. The fraction of sp³-hybridized carbons (Fsp3) is 0.423.